The highest BCUT2D eigenvalue weighted by Crippen LogP contribution is 2.25. The van der Waals surface area contributed by atoms with Crippen molar-refractivity contribution >= 4 is 35.1 Å². The van der Waals surface area contributed by atoms with Gasteiger partial charge in [0.05, 0.1) is 12.1 Å². The molecule has 4 aromatic rings. The molecule has 0 aliphatic heterocycles. The third-order valence-electron chi connectivity index (χ3n) is 4.72. The average Bonchev–Trinajstić information content (AvgIpc) is 3.35. The minimum Gasteiger partial charge on any atom is -0.489 e. The highest BCUT2D eigenvalue weighted by Gasteiger charge is 2.22. The van der Waals surface area contributed by atoms with Gasteiger partial charge in [-0.1, -0.05) is 46.6 Å². The highest BCUT2D eigenvalue weighted by atomic mass is 35.5. The molecule has 0 saturated heterocycles. The zero-order valence-electron chi connectivity index (χ0n) is 17.3. The van der Waals surface area contributed by atoms with Gasteiger partial charge in [-0.2, -0.15) is 0 Å². The van der Waals surface area contributed by atoms with Crippen molar-refractivity contribution in [3.8, 4) is 5.75 Å². The van der Waals surface area contributed by atoms with Crippen LogP contribution in [0.5, 0.6) is 5.75 Å². The number of aromatic nitrogens is 4. The van der Waals surface area contributed by atoms with Crippen LogP contribution >= 0.6 is 23.2 Å². The van der Waals surface area contributed by atoms with Crippen molar-refractivity contribution in [2.45, 2.75) is 27.0 Å². The fourth-order valence-corrected chi connectivity index (χ4v) is 3.55. The Morgan fingerprint density at radius 2 is 1.88 bits per heavy atom. The van der Waals surface area contributed by atoms with Crippen molar-refractivity contribution < 1.29 is 14.1 Å². The Labute approximate surface area is 194 Å². The predicted octanol–water partition coefficient (Wildman–Crippen LogP) is 5.07. The minimum absolute atomic E-state index is 0.112. The normalized spacial score (nSPS) is 10.9. The van der Waals surface area contributed by atoms with Gasteiger partial charge in [-0.05, 0) is 43.7 Å². The lowest BCUT2D eigenvalue weighted by atomic mass is 10.2. The Hall–Kier alpha value is -3.36. The summed E-state index contributed by atoms with van der Waals surface area (Å²) >= 11 is 12.4. The molecule has 1 amide bonds. The fraction of sp³-hybridized carbons (Fsp3) is 0.182. The molecule has 1 N–H and O–H groups in total. The molecule has 4 rings (SSSR count). The Balaban J connectivity index is 1.45. The average molecular weight is 472 g/mol. The van der Waals surface area contributed by atoms with Crippen LogP contribution in [-0.4, -0.2) is 25.8 Å². The Kier molecular flexibility index (Phi) is 6.43. The molecular weight excluding hydrogens is 453 g/mol. The number of halogens is 2. The number of rotatable bonds is 7. The summed E-state index contributed by atoms with van der Waals surface area (Å²) in [6.45, 7) is 4.13. The predicted molar refractivity (Wildman–Crippen MR) is 120 cm³/mol. The van der Waals surface area contributed by atoms with Crippen LogP contribution in [0.2, 0.25) is 10.0 Å². The van der Waals surface area contributed by atoms with Gasteiger partial charge >= 0.3 is 0 Å². The van der Waals surface area contributed by atoms with Crippen LogP contribution in [0.4, 0.5) is 5.95 Å². The summed E-state index contributed by atoms with van der Waals surface area (Å²) in [7, 11) is 0. The number of hydrogen-bond acceptors (Lipinski definition) is 6. The fourth-order valence-electron chi connectivity index (χ4n) is 3.03. The van der Waals surface area contributed by atoms with E-state index in [0.29, 0.717) is 39.2 Å². The largest absolute Gasteiger partial charge is 0.489 e. The maximum Gasteiger partial charge on any atom is 0.280 e. The first-order chi connectivity index (χ1) is 15.4. The zero-order chi connectivity index (χ0) is 22.7. The van der Waals surface area contributed by atoms with Crippen molar-refractivity contribution in [1.29, 1.82) is 0 Å². The molecule has 0 fully saturated rings. The lowest BCUT2D eigenvalue weighted by Gasteiger charge is -2.07. The molecular formula is C22H19Cl2N5O3. The van der Waals surface area contributed by atoms with Crippen molar-refractivity contribution in [3.05, 3.63) is 87.0 Å². The summed E-state index contributed by atoms with van der Waals surface area (Å²) in [6, 6.07) is 12.9. The number of anilines is 1. The summed E-state index contributed by atoms with van der Waals surface area (Å²) in [6.07, 6.45) is 1.48. The summed E-state index contributed by atoms with van der Waals surface area (Å²) in [4.78, 5) is 16.9. The van der Waals surface area contributed by atoms with Crippen LogP contribution in [0, 0.1) is 13.8 Å². The van der Waals surface area contributed by atoms with E-state index in [1.807, 2.05) is 31.2 Å². The van der Waals surface area contributed by atoms with E-state index < -0.39 is 5.91 Å². The molecule has 8 nitrogen and oxygen atoms in total. The SMILES string of the molecule is Cc1cccc(OCc2c(C(=O)Nc3ncn(Cc4c(Cl)cccc4Cl)n3)noc2C)c1. The number of carbonyl (C=O) groups excluding carboxylic acids is 1. The van der Waals surface area contributed by atoms with Gasteiger partial charge < -0.3 is 9.26 Å². The Bertz CT molecular complexity index is 1250. The molecule has 2 aromatic carbocycles. The molecule has 0 radical (unpaired) electrons. The molecule has 0 bridgehead atoms. The second-order valence-electron chi connectivity index (χ2n) is 7.09. The van der Waals surface area contributed by atoms with Crippen LogP contribution in [-0.2, 0) is 13.2 Å². The van der Waals surface area contributed by atoms with Crippen LogP contribution < -0.4 is 10.1 Å². The molecule has 0 aliphatic rings. The second-order valence-corrected chi connectivity index (χ2v) is 7.91. The molecule has 32 heavy (non-hydrogen) atoms. The van der Waals surface area contributed by atoms with E-state index in [2.05, 4.69) is 20.6 Å². The van der Waals surface area contributed by atoms with Gasteiger partial charge in [0.1, 0.15) is 24.4 Å². The van der Waals surface area contributed by atoms with Crippen LogP contribution in [0.3, 0.4) is 0 Å². The molecule has 164 valence electrons. The number of amides is 1. The first-order valence-electron chi connectivity index (χ1n) is 9.69. The molecule has 0 unspecified atom stereocenters. The van der Waals surface area contributed by atoms with E-state index in [1.54, 1.807) is 25.1 Å². The highest BCUT2D eigenvalue weighted by molar-refractivity contribution is 6.35. The number of hydrogen-bond donors (Lipinski definition) is 1. The maximum absolute atomic E-state index is 12.8. The summed E-state index contributed by atoms with van der Waals surface area (Å²) in [5.41, 5.74) is 2.44. The van der Waals surface area contributed by atoms with Crippen LogP contribution in [0.15, 0.2) is 53.3 Å². The quantitative estimate of drug-likeness (QED) is 0.404. The molecule has 2 heterocycles. The van der Waals surface area contributed by atoms with Crippen molar-refractivity contribution in [1.82, 2.24) is 19.9 Å². The Morgan fingerprint density at radius 1 is 1.12 bits per heavy atom. The lowest BCUT2D eigenvalue weighted by molar-refractivity contribution is 0.101. The van der Waals surface area contributed by atoms with Gasteiger partial charge in [0.15, 0.2) is 5.69 Å². The first-order valence-corrected chi connectivity index (χ1v) is 10.4. The van der Waals surface area contributed by atoms with E-state index in [9.17, 15) is 4.79 Å². The van der Waals surface area contributed by atoms with E-state index in [0.717, 1.165) is 5.56 Å². The molecule has 0 spiro atoms. The minimum atomic E-state index is -0.502. The van der Waals surface area contributed by atoms with Gasteiger partial charge in [0.25, 0.3) is 5.91 Å². The summed E-state index contributed by atoms with van der Waals surface area (Å²) in [5, 5.41) is 11.8. The number of ether oxygens (including phenoxy) is 1. The van der Waals surface area contributed by atoms with Gasteiger partial charge in [0.2, 0.25) is 5.95 Å². The molecule has 2 aromatic heterocycles. The topological polar surface area (TPSA) is 95.1 Å². The number of nitrogens with zero attached hydrogens (tertiary/aromatic N) is 4. The third-order valence-corrected chi connectivity index (χ3v) is 5.42. The second kappa shape index (κ2) is 9.42. The monoisotopic (exact) mass is 471 g/mol. The number of nitrogens with one attached hydrogen (secondary N) is 1. The van der Waals surface area contributed by atoms with E-state index in [-0.39, 0.29) is 18.2 Å². The van der Waals surface area contributed by atoms with E-state index in [4.69, 9.17) is 32.5 Å². The summed E-state index contributed by atoms with van der Waals surface area (Å²) < 4.78 is 12.5. The van der Waals surface area contributed by atoms with Gasteiger partial charge in [0, 0.05) is 15.6 Å². The van der Waals surface area contributed by atoms with Crippen molar-refractivity contribution in [3.63, 3.8) is 0 Å². The third kappa shape index (κ3) is 4.92. The summed E-state index contributed by atoms with van der Waals surface area (Å²) in [5.74, 6) is 0.799. The van der Waals surface area contributed by atoms with Crippen LogP contribution in [0.25, 0.3) is 0 Å². The Morgan fingerprint density at radius 3 is 2.62 bits per heavy atom. The number of benzene rings is 2. The van der Waals surface area contributed by atoms with Crippen molar-refractivity contribution in [2.75, 3.05) is 5.32 Å². The molecule has 0 atom stereocenters. The smallest absolute Gasteiger partial charge is 0.280 e. The maximum atomic E-state index is 12.8. The van der Waals surface area contributed by atoms with Gasteiger partial charge in [-0.3, -0.25) is 10.1 Å². The lowest BCUT2D eigenvalue weighted by Crippen LogP contribution is -2.16. The number of carbonyl (C=O) groups is 1. The molecule has 10 heteroatoms. The standard InChI is InChI=1S/C22H19Cl2N5O3/c1-13-5-3-6-15(9-13)31-11-17-14(2)32-28-20(17)21(30)26-22-25-12-29(27-22)10-16-18(23)7-4-8-19(16)24/h3-9,12H,10-11H2,1-2H3,(H,26,27,30). The zero-order valence-corrected chi connectivity index (χ0v) is 18.8. The van der Waals surface area contributed by atoms with Crippen molar-refractivity contribution in [2.24, 2.45) is 0 Å². The molecule has 0 aliphatic carbocycles. The van der Waals surface area contributed by atoms with Gasteiger partial charge in [-0.25, -0.2) is 9.67 Å². The number of aryl methyl sites for hydroxylation is 2. The van der Waals surface area contributed by atoms with Gasteiger partial charge in [-0.15, -0.1) is 5.10 Å². The van der Waals surface area contributed by atoms with E-state index in [1.165, 1.54) is 11.0 Å². The molecule has 0 saturated carbocycles. The van der Waals surface area contributed by atoms with E-state index >= 15 is 0 Å². The van der Waals surface area contributed by atoms with Crippen LogP contribution in [0.1, 0.15) is 32.9 Å². The first kappa shape index (κ1) is 21.9.